The molecule has 0 spiro atoms. The maximum absolute atomic E-state index is 11.3. The zero-order chi connectivity index (χ0) is 12.0. The van der Waals surface area contributed by atoms with Crippen molar-refractivity contribution in [2.45, 2.75) is 52.9 Å². The van der Waals surface area contributed by atoms with Gasteiger partial charge in [0.1, 0.15) is 6.29 Å². The molecule has 0 aromatic carbocycles. The van der Waals surface area contributed by atoms with E-state index in [1.54, 1.807) is 0 Å². The molecule has 0 aliphatic carbocycles. The summed E-state index contributed by atoms with van der Waals surface area (Å²) in [7, 11) is 0. The monoisotopic (exact) mass is 225 g/mol. The van der Waals surface area contributed by atoms with E-state index in [2.05, 4.69) is 25.7 Å². The molecule has 0 amide bonds. The average molecular weight is 225 g/mol. The summed E-state index contributed by atoms with van der Waals surface area (Å²) in [6.45, 7) is 9.94. The normalized spacial score (nSPS) is 24.1. The Hall–Kier alpha value is -0.370. The SMILES string of the molecule is CCC(C=O)(CC)CN1CCCC(C)CC1. The first-order valence-corrected chi connectivity index (χ1v) is 6.84. The first-order chi connectivity index (χ1) is 7.65. The molecule has 1 atom stereocenters. The molecule has 2 heteroatoms. The van der Waals surface area contributed by atoms with Gasteiger partial charge in [-0.1, -0.05) is 20.8 Å². The van der Waals surface area contributed by atoms with Crippen LogP contribution in [0.1, 0.15) is 52.9 Å². The molecular weight excluding hydrogens is 198 g/mol. The molecule has 16 heavy (non-hydrogen) atoms. The van der Waals surface area contributed by atoms with Gasteiger partial charge in [-0.25, -0.2) is 0 Å². The van der Waals surface area contributed by atoms with Crippen LogP contribution >= 0.6 is 0 Å². The first-order valence-electron chi connectivity index (χ1n) is 6.84. The summed E-state index contributed by atoms with van der Waals surface area (Å²) in [4.78, 5) is 13.8. The third kappa shape index (κ3) is 3.58. The van der Waals surface area contributed by atoms with Gasteiger partial charge in [0.2, 0.25) is 0 Å². The number of rotatable bonds is 5. The fourth-order valence-electron chi connectivity index (χ4n) is 2.60. The lowest BCUT2D eigenvalue weighted by Crippen LogP contribution is -2.39. The van der Waals surface area contributed by atoms with E-state index in [0.717, 1.165) is 25.3 Å². The quantitative estimate of drug-likeness (QED) is 0.670. The molecule has 0 aromatic rings. The van der Waals surface area contributed by atoms with Crippen LogP contribution in [0.2, 0.25) is 0 Å². The lowest BCUT2D eigenvalue weighted by atomic mass is 9.83. The summed E-state index contributed by atoms with van der Waals surface area (Å²) in [5.41, 5.74) is -0.0897. The Morgan fingerprint density at radius 3 is 2.50 bits per heavy atom. The van der Waals surface area contributed by atoms with Gasteiger partial charge in [-0.05, 0) is 51.1 Å². The highest BCUT2D eigenvalue weighted by atomic mass is 16.1. The van der Waals surface area contributed by atoms with Crippen LogP contribution in [-0.4, -0.2) is 30.8 Å². The van der Waals surface area contributed by atoms with Crippen LogP contribution in [0.3, 0.4) is 0 Å². The van der Waals surface area contributed by atoms with Crippen LogP contribution in [0.4, 0.5) is 0 Å². The Labute approximate surface area is 100 Å². The Morgan fingerprint density at radius 2 is 1.94 bits per heavy atom. The fraction of sp³-hybridized carbons (Fsp3) is 0.929. The van der Waals surface area contributed by atoms with E-state index in [1.807, 2.05) is 0 Å². The summed E-state index contributed by atoms with van der Waals surface area (Å²) in [6, 6.07) is 0. The minimum Gasteiger partial charge on any atom is -0.303 e. The number of nitrogens with zero attached hydrogens (tertiary/aromatic N) is 1. The predicted molar refractivity (Wildman–Crippen MR) is 68.5 cm³/mol. The number of hydrogen-bond acceptors (Lipinski definition) is 2. The topological polar surface area (TPSA) is 20.3 Å². The summed E-state index contributed by atoms with van der Waals surface area (Å²) >= 11 is 0. The molecule has 0 bridgehead atoms. The summed E-state index contributed by atoms with van der Waals surface area (Å²) < 4.78 is 0. The zero-order valence-electron chi connectivity index (χ0n) is 11.2. The molecule has 0 saturated carbocycles. The molecule has 1 unspecified atom stereocenters. The van der Waals surface area contributed by atoms with E-state index < -0.39 is 0 Å². The second-order valence-corrected chi connectivity index (χ2v) is 5.50. The van der Waals surface area contributed by atoms with Crippen molar-refractivity contribution in [2.24, 2.45) is 11.3 Å². The molecular formula is C14H27NO. The van der Waals surface area contributed by atoms with Crippen molar-refractivity contribution in [3.8, 4) is 0 Å². The molecule has 2 nitrogen and oxygen atoms in total. The third-order valence-corrected chi connectivity index (χ3v) is 4.31. The predicted octanol–water partition coefficient (Wildman–Crippen LogP) is 3.11. The molecule has 0 N–H and O–H groups in total. The van der Waals surface area contributed by atoms with Crippen molar-refractivity contribution in [3.63, 3.8) is 0 Å². The van der Waals surface area contributed by atoms with Crippen LogP contribution in [0.5, 0.6) is 0 Å². The molecule has 94 valence electrons. The average Bonchev–Trinajstić information content (AvgIpc) is 2.51. The van der Waals surface area contributed by atoms with E-state index in [9.17, 15) is 4.79 Å². The van der Waals surface area contributed by atoms with Crippen LogP contribution in [0.15, 0.2) is 0 Å². The zero-order valence-corrected chi connectivity index (χ0v) is 11.2. The maximum Gasteiger partial charge on any atom is 0.127 e. The van der Waals surface area contributed by atoms with Crippen molar-refractivity contribution in [1.82, 2.24) is 4.90 Å². The molecule has 1 heterocycles. The van der Waals surface area contributed by atoms with Gasteiger partial charge in [-0.2, -0.15) is 0 Å². The second kappa shape index (κ2) is 6.39. The van der Waals surface area contributed by atoms with Gasteiger partial charge in [0, 0.05) is 12.0 Å². The van der Waals surface area contributed by atoms with Gasteiger partial charge in [-0.3, -0.25) is 0 Å². The van der Waals surface area contributed by atoms with Gasteiger partial charge < -0.3 is 9.69 Å². The van der Waals surface area contributed by atoms with Gasteiger partial charge in [0.15, 0.2) is 0 Å². The van der Waals surface area contributed by atoms with Crippen molar-refractivity contribution in [1.29, 1.82) is 0 Å². The molecule has 0 radical (unpaired) electrons. The first kappa shape index (κ1) is 13.7. The molecule has 1 aliphatic heterocycles. The summed E-state index contributed by atoms with van der Waals surface area (Å²) in [6.07, 6.45) is 7.08. The number of carbonyl (C=O) groups is 1. The Morgan fingerprint density at radius 1 is 1.25 bits per heavy atom. The van der Waals surface area contributed by atoms with Gasteiger partial charge in [0.25, 0.3) is 0 Å². The summed E-state index contributed by atoms with van der Waals surface area (Å²) in [5.74, 6) is 0.860. The van der Waals surface area contributed by atoms with E-state index in [4.69, 9.17) is 0 Å². The number of hydrogen-bond donors (Lipinski definition) is 0. The smallest absolute Gasteiger partial charge is 0.127 e. The molecule has 1 aliphatic rings. The Balaban J connectivity index is 2.53. The van der Waals surface area contributed by atoms with E-state index in [0.29, 0.717) is 0 Å². The van der Waals surface area contributed by atoms with Crippen LogP contribution in [-0.2, 0) is 4.79 Å². The lowest BCUT2D eigenvalue weighted by molar-refractivity contribution is -0.117. The number of carbonyl (C=O) groups excluding carboxylic acids is 1. The highest BCUT2D eigenvalue weighted by Gasteiger charge is 2.28. The number of aldehydes is 1. The van der Waals surface area contributed by atoms with Gasteiger partial charge in [-0.15, -0.1) is 0 Å². The minimum absolute atomic E-state index is 0.0897. The number of likely N-dealkylation sites (tertiary alicyclic amines) is 1. The fourth-order valence-corrected chi connectivity index (χ4v) is 2.60. The Kier molecular flexibility index (Phi) is 5.47. The second-order valence-electron chi connectivity index (χ2n) is 5.50. The van der Waals surface area contributed by atoms with Crippen molar-refractivity contribution in [3.05, 3.63) is 0 Å². The van der Waals surface area contributed by atoms with E-state index in [1.165, 1.54) is 38.6 Å². The molecule has 1 fully saturated rings. The van der Waals surface area contributed by atoms with Crippen molar-refractivity contribution < 1.29 is 4.79 Å². The van der Waals surface area contributed by atoms with Gasteiger partial charge >= 0.3 is 0 Å². The van der Waals surface area contributed by atoms with Crippen molar-refractivity contribution >= 4 is 6.29 Å². The molecule has 0 aromatic heterocycles. The molecule has 1 rings (SSSR count). The van der Waals surface area contributed by atoms with Gasteiger partial charge in [0.05, 0.1) is 0 Å². The highest BCUT2D eigenvalue weighted by molar-refractivity contribution is 5.59. The van der Waals surface area contributed by atoms with Crippen LogP contribution in [0.25, 0.3) is 0 Å². The Bertz CT molecular complexity index is 211. The van der Waals surface area contributed by atoms with Crippen LogP contribution < -0.4 is 0 Å². The summed E-state index contributed by atoms with van der Waals surface area (Å²) in [5, 5.41) is 0. The van der Waals surface area contributed by atoms with Crippen LogP contribution in [0, 0.1) is 11.3 Å². The third-order valence-electron chi connectivity index (χ3n) is 4.31. The standard InChI is InChI=1S/C14H27NO/c1-4-14(5-2,12-16)11-15-9-6-7-13(3)8-10-15/h12-13H,4-11H2,1-3H3. The minimum atomic E-state index is -0.0897. The van der Waals surface area contributed by atoms with E-state index in [-0.39, 0.29) is 5.41 Å². The molecule has 1 saturated heterocycles. The van der Waals surface area contributed by atoms with Crippen molar-refractivity contribution in [2.75, 3.05) is 19.6 Å². The lowest BCUT2D eigenvalue weighted by Gasteiger charge is -2.32. The largest absolute Gasteiger partial charge is 0.303 e. The van der Waals surface area contributed by atoms with E-state index >= 15 is 0 Å². The maximum atomic E-state index is 11.3. The highest BCUT2D eigenvalue weighted by Crippen LogP contribution is 2.27.